The van der Waals surface area contributed by atoms with Gasteiger partial charge in [-0.05, 0) is 6.07 Å². The first kappa shape index (κ1) is 8.91. The Hall–Kier alpha value is -2.18. The molecule has 1 aromatic heterocycles. The number of amidine groups is 1. The first-order chi connectivity index (χ1) is 6.16. The summed E-state index contributed by atoms with van der Waals surface area (Å²) in [5, 5.41) is 21.3. The second kappa shape index (κ2) is 3.48. The van der Waals surface area contributed by atoms with Gasteiger partial charge in [0, 0.05) is 12.3 Å². The highest BCUT2D eigenvalue weighted by Gasteiger charge is 2.17. The highest BCUT2D eigenvalue weighted by atomic mass is 16.6. The standard InChI is InChI=1S/C6H6N4O3/c7-6(9-11)5-4(10(12)13)2-1-3-8-5/h1-3,11H,(H2,7,9). The Bertz CT molecular complexity index is 363. The van der Waals surface area contributed by atoms with Crippen molar-refractivity contribution in [3.05, 3.63) is 34.1 Å². The third-order valence-corrected chi connectivity index (χ3v) is 1.33. The molecule has 0 radical (unpaired) electrons. The molecule has 0 saturated heterocycles. The fourth-order valence-electron chi connectivity index (χ4n) is 0.789. The van der Waals surface area contributed by atoms with Gasteiger partial charge in [0.25, 0.3) is 5.69 Å². The molecule has 13 heavy (non-hydrogen) atoms. The fraction of sp³-hybridized carbons (Fsp3) is 0. The molecule has 1 aromatic rings. The van der Waals surface area contributed by atoms with Crippen LogP contribution in [-0.2, 0) is 0 Å². The zero-order valence-corrected chi connectivity index (χ0v) is 6.41. The zero-order valence-electron chi connectivity index (χ0n) is 6.41. The van der Waals surface area contributed by atoms with Gasteiger partial charge in [0.1, 0.15) is 0 Å². The summed E-state index contributed by atoms with van der Waals surface area (Å²) in [6.07, 6.45) is 1.32. The number of nitrogens with zero attached hydrogens (tertiary/aromatic N) is 3. The van der Waals surface area contributed by atoms with Crippen molar-refractivity contribution in [1.82, 2.24) is 4.98 Å². The van der Waals surface area contributed by atoms with Gasteiger partial charge < -0.3 is 10.9 Å². The van der Waals surface area contributed by atoms with E-state index in [-0.39, 0.29) is 17.2 Å². The number of pyridine rings is 1. The summed E-state index contributed by atoms with van der Waals surface area (Å²) in [6.45, 7) is 0. The molecule has 0 amide bonds. The number of hydrogen-bond donors (Lipinski definition) is 2. The van der Waals surface area contributed by atoms with Crippen LogP contribution in [0.3, 0.4) is 0 Å². The van der Waals surface area contributed by atoms with Crippen LogP contribution < -0.4 is 5.73 Å². The maximum Gasteiger partial charge on any atom is 0.298 e. The van der Waals surface area contributed by atoms with Crippen LogP contribution in [0, 0.1) is 10.1 Å². The molecule has 0 aliphatic carbocycles. The van der Waals surface area contributed by atoms with Gasteiger partial charge in [-0.25, -0.2) is 4.98 Å². The Labute approximate surface area is 72.7 Å². The fourth-order valence-corrected chi connectivity index (χ4v) is 0.789. The van der Waals surface area contributed by atoms with Gasteiger partial charge in [-0.3, -0.25) is 10.1 Å². The number of oxime groups is 1. The van der Waals surface area contributed by atoms with E-state index in [1.54, 1.807) is 0 Å². The van der Waals surface area contributed by atoms with Gasteiger partial charge in [0.2, 0.25) is 0 Å². The zero-order chi connectivity index (χ0) is 9.84. The summed E-state index contributed by atoms with van der Waals surface area (Å²) in [4.78, 5) is 13.4. The van der Waals surface area contributed by atoms with Crippen LogP contribution in [-0.4, -0.2) is 21.0 Å². The van der Waals surface area contributed by atoms with E-state index in [0.717, 1.165) is 0 Å². The van der Waals surface area contributed by atoms with Crippen molar-refractivity contribution in [2.45, 2.75) is 0 Å². The third kappa shape index (κ3) is 1.70. The molecule has 7 heteroatoms. The Morgan fingerprint density at radius 1 is 1.77 bits per heavy atom. The van der Waals surface area contributed by atoms with Crippen molar-refractivity contribution < 1.29 is 10.1 Å². The van der Waals surface area contributed by atoms with Gasteiger partial charge in [-0.15, -0.1) is 0 Å². The second-order valence-electron chi connectivity index (χ2n) is 2.11. The largest absolute Gasteiger partial charge is 0.409 e. The molecule has 0 fully saturated rings. The molecule has 0 unspecified atom stereocenters. The average molecular weight is 182 g/mol. The quantitative estimate of drug-likeness (QED) is 0.221. The van der Waals surface area contributed by atoms with Gasteiger partial charge in [0.05, 0.1) is 4.92 Å². The van der Waals surface area contributed by atoms with Crippen LogP contribution >= 0.6 is 0 Å². The van der Waals surface area contributed by atoms with Crippen molar-refractivity contribution >= 4 is 11.5 Å². The van der Waals surface area contributed by atoms with Gasteiger partial charge in [-0.1, -0.05) is 5.16 Å². The van der Waals surface area contributed by atoms with Crippen LogP contribution in [0.25, 0.3) is 0 Å². The molecule has 0 aliphatic heterocycles. The Morgan fingerprint density at radius 3 is 3.00 bits per heavy atom. The van der Waals surface area contributed by atoms with Crippen molar-refractivity contribution in [3.63, 3.8) is 0 Å². The van der Waals surface area contributed by atoms with Gasteiger partial charge in [-0.2, -0.15) is 0 Å². The first-order valence-electron chi connectivity index (χ1n) is 3.24. The lowest BCUT2D eigenvalue weighted by molar-refractivity contribution is -0.385. The minimum Gasteiger partial charge on any atom is -0.409 e. The summed E-state index contributed by atoms with van der Waals surface area (Å²) in [6, 6.07) is 2.62. The summed E-state index contributed by atoms with van der Waals surface area (Å²) in [5.41, 5.74) is 4.73. The smallest absolute Gasteiger partial charge is 0.298 e. The van der Waals surface area contributed by atoms with Crippen molar-refractivity contribution in [2.75, 3.05) is 0 Å². The van der Waals surface area contributed by atoms with E-state index in [9.17, 15) is 10.1 Å². The van der Waals surface area contributed by atoms with E-state index in [1.165, 1.54) is 18.3 Å². The maximum absolute atomic E-state index is 10.4. The van der Waals surface area contributed by atoms with E-state index in [2.05, 4.69) is 10.1 Å². The van der Waals surface area contributed by atoms with E-state index < -0.39 is 4.92 Å². The molecular weight excluding hydrogens is 176 g/mol. The third-order valence-electron chi connectivity index (χ3n) is 1.33. The van der Waals surface area contributed by atoms with Gasteiger partial charge in [0.15, 0.2) is 11.5 Å². The topological polar surface area (TPSA) is 115 Å². The van der Waals surface area contributed by atoms with Crippen LogP contribution in [0.15, 0.2) is 23.5 Å². The van der Waals surface area contributed by atoms with Crippen molar-refractivity contribution in [2.24, 2.45) is 10.9 Å². The Balaban J connectivity index is 3.28. The lowest BCUT2D eigenvalue weighted by Crippen LogP contribution is -2.16. The SMILES string of the molecule is NC(=NO)c1ncccc1[N+](=O)[O-]. The van der Waals surface area contributed by atoms with E-state index in [0.29, 0.717) is 0 Å². The lowest BCUT2D eigenvalue weighted by atomic mass is 10.3. The summed E-state index contributed by atoms with van der Waals surface area (Å²) < 4.78 is 0. The lowest BCUT2D eigenvalue weighted by Gasteiger charge is -1.97. The number of nitro groups is 1. The minimum absolute atomic E-state index is 0.144. The number of aromatic nitrogens is 1. The Morgan fingerprint density at radius 2 is 2.46 bits per heavy atom. The monoisotopic (exact) mass is 182 g/mol. The second-order valence-corrected chi connectivity index (χ2v) is 2.11. The Kier molecular flexibility index (Phi) is 2.38. The molecule has 1 heterocycles. The summed E-state index contributed by atoms with van der Waals surface area (Å²) in [7, 11) is 0. The molecule has 68 valence electrons. The predicted molar refractivity (Wildman–Crippen MR) is 43.4 cm³/mol. The predicted octanol–water partition coefficient (Wildman–Crippen LogP) is 0.0843. The highest BCUT2D eigenvalue weighted by Crippen LogP contribution is 2.13. The van der Waals surface area contributed by atoms with E-state index >= 15 is 0 Å². The molecule has 0 spiro atoms. The number of hydrogen-bond acceptors (Lipinski definition) is 5. The normalized spacial score (nSPS) is 11.2. The van der Waals surface area contributed by atoms with Crippen LogP contribution in [0.5, 0.6) is 0 Å². The first-order valence-corrected chi connectivity index (χ1v) is 3.24. The van der Waals surface area contributed by atoms with Crippen LogP contribution in [0.2, 0.25) is 0 Å². The van der Waals surface area contributed by atoms with Crippen LogP contribution in [0.1, 0.15) is 5.69 Å². The van der Waals surface area contributed by atoms with Crippen LogP contribution in [0.4, 0.5) is 5.69 Å². The van der Waals surface area contributed by atoms with Gasteiger partial charge >= 0.3 is 0 Å². The molecule has 0 aromatic carbocycles. The van der Waals surface area contributed by atoms with E-state index in [1.807, 2.05) is 0 Å². The summed E-state index contributed by atoms with van der Waals surface area (Å²) in [5.74, 6) is -0.382. The molecular formula is C6H6N4O3. The van der Waals surface area contributed by atoms with E-state index in [4.69, 9.17) is 10.9 Å². The van der Waals surface area contributed by atoms with Crippen molar-refractivity contribution in [1.29, 1.82) is 0 Å². The molecule has 0 atom stereocenters. The number of rotatable bonds is 2. The maximum atomic E-state index is 10.4. The molecule has 0 bridgehead atoms. The molecule has 3 N–H and O–H groups in total. The minimum atomic E-state index is -0.652. The van der Waals surface area contributed by atoms with Crippen molar-refractivity contribution in [3.8, 4) is 0 Å². The molecule has 1 rings (SSSR count). The summed E-state index contributed by atoms with van der Waals surface area (Å²) >= 11 is 0. The molecule has 0 saturated carbocycles. The molecule has 0 aliphatic rings. The average Bonchev–Trinajstić information content (AvgIpc) is 2.16. The highest BCUT2D eigenvalue weighted by molar-refractivity contribution is 5.98. The number of nitrogens with two attached hydrogens (primary N) is 1. The molecule has 7 nitrogen and oxygen atoms in total.